The molecule has 4 fully saturated rings. The second-order valence-electron chi connectivity index (χ2n) is 12.5. The summed E-state index contributed by atoms with van der Waals surface area (Å²) in [4.78, 5) is 0. The molecule has 0 amide bonds. The van der Waals surface area contributed by atoms with Gasteiger partial charge < -0.3 is 35.6 Å². The van der Waals surface area contributed by atoms with E-state index in [1.165, 1.54) is 31.3 Å². The van der Waals surface area contributed by atoms with Gasteiger partial charge in [-0.3, -0.25) is 0 Å². The molecular weight excluding hydrogens is 434 g/mol. The molecule has 34 heavy (non-hydrogen) atoms. The highest BCUT2D eigenvalue weighted by Gasteiger charge is 2.59. The summed E-state index contributed by atoms with van der Waals surface area (Å²) in [5, 5.41) is 40.0. The number of aliphatic hydroxyl groups excluding tert-OH is 4. The zero-order chi connectivity index (χ0) is 24.4. The van der Waals surface area contributed by atoms with Crippen molar-refractivity contribution in [2.45, 2.75) is 115 Å². The van der Waals surface area contributed by atoms with Gasteiger partial charge in [-0.15, -0.1) is 0 Å². The van der Waals surface area contributed by atoms with Crippen molar-refractivity contribution in [3.63, 3.8) is 0 Å². The average Bonchev–Trinajstić information content (AvgIpc) is 3.17. The smallest absolute Gasteiger partial charge is 0.186 e. The minimum absolute atomic E-state index is 0.111. The van der Waals surface area contributed by atoms with Gasteiger partial charge >= 0.3 is 0 Å². The van der Waals surface area contributed by atoms with Crippen LogP contribution in [0.25, 0.3) is 0 Å². The minimum Gasteiger partial charge on any atom is -0.394 e. The second-order valence-corrected chi connectivity index (χ2v) is 12.5. The second kappa shape index (κ2) is 9.09. The first kappa shape index (κ1) is 25.1. The van der Waals surface area contributed by atoms with E-state index in [9.17, 15) is 20.4 Å². The molecule has 0 aromatic heterocycles. The van der Waals surface area contributed by atoms with Crippen LogP contribution in [0.15, 0.2) is 11.6 Å². The van der Waals surface area contributed by atoms with Gasteiger partial charge in [0, 0.05) is 6.04 Å². The van der Waals surface area contributed by atoms with E-state index >= 15 is 0 Å². The highest BCUT2D eigenvalue weighted by atomic mass is 16.7. The first-order valence-corrected chi connectivity index (χ1v) is 13.5. The Morgan fingerprint density at radius 2 is 1.82 bits per heavy atom. The van der Waals surface area contributed by atoms with Crippen molar-refractivity contribution in [3.8, 4) is 0 Å². The molecule has 0 unspecified atom stereocenters. The minimum atomic E-state index is -1.40. The van der Waals surface area contributed by atoms with Crippen molar-refractivity contribution >= 4 is 0 Å². The lowest BCUT2D eigenvalue weighted by Gasteiger charge is -2.58. The van der Waals surface area contributed by atoms with Gasteiger partial charge in [0.05, 0.1) is 12.7 Å². The summed E-state index contributed by atoms with van der Waals surface area (Å²) in [6.07, 6.45) is 5.26. The van der Waals surface area contributed by atoms with E-state index in [1.807, 2.05) is 0 Å². The molecular formula is C27H45NO6. The summed E-state index contributed by atoms with van der Waals surface area (Å²) in [6, 6.07) is 0.270. The van der Waals surface area contributed by atoms with Crippen molar-refractivity contribution in [2.75, 3.05) is 6.61 Å². The van der Waals surface area contributed by atoms with E-state index in [-0.39, 0.29) is 17.6 Å². The standard InChI is InChI=1S/C27H45NO6/c1-14(28)18-6-7-19-17-5-4-15-12-16(8-10-26(15,2)20(17)9-11-27(18,19)3)33-25-24(32)23(31)22(30)21(13-29)34-25/h4,14,16-25,29-32H,5-13,28H2,1-3H3/t14-,16-,17-,18+,19-,20-,21+,22+,23-,24+,25+,26-,27+/m0/s1. The topological polar surface area (TPSA) is 125 Å². The predicted octanol–water partition coefficient (Wildman–Crippen LogP) is 2.10. The number of rotatable bonds is 4. The number of ether oxygens (including phenoxy) is 2. The van der Waals surface area contributed by atoms with Crippen LogP contribution in [0, 0.1) is 34.5 Å². The van der Waals surface area contributed by atoms with E-state index in [1.54, 1.807) is 0 Å². The maximum atomic E-state index is 10.4. The summed E-state index contributed by atoms with van der Waals surface area (Å²) in [7, 11) is 0. The molecule has 5 aliphatic rings. The van der Waals surface area contributed by atoms with Crippen LogP contribution in [0.2, 0.25) is 0 Å². The van der Waals surface area contributed by atoms with Gasteiger partial charge in [-0.05, 0) is 92.8 Å². The zero-order valence-corrected chi connectivity index (χ0v) is 21.0. The molecule has 1 saturated heterocycles. The van der Waals surface area contributed by atoms with E-state index in [0.717, 1.165) is 37.5 Å². The maximum Gasteiger partial charge on any atom is 0.186 e. The molecule has 13 atom stereocenters. The third-order valence-corrected chi connectivity index (χ3v) is 10.9. The van der Waals surface area contributed by atoms with Crippen molar-refractivity contribution in [2.24, 2.45) is 40.2 Å². The Bertz CT molecular complexity index is 787. The molecule has 7 nitrogen and oxygen atoms in total. The third kappa shape index (κ3) is 3.82. The number of aliphatic hydroxyl groups is 4. The van der Waals surface area contributed by atoms with Gasteiger partial charge in [0.2, 0.25) is 0 Å². The molecule has 0 radical (unpaired) electrons. The Labute approximate surface area is 203 Å². The number of fused-ring (bicyclic) bond motifs is 5. The molecule has 6 N–H and O–H groups in total. The summed E-state index contributed by atoms with van der Waals surface area (Å²) in [5.41, 5.74) is 8.46. The number of hydrogen-bond donors (Lipinski definition) is 5. The highest BCUT2D eigenvalue weighted by molar-refractivity contribution is 5.25. The zero-order valence-electron chi connectivity index (χ0n) is 21.0. The van der Waals surface area contributed by atoms with Crippen LogP contribution in [-0.2, 0) is 9.47 Å². The van der Waals surface area contributed by atoms with Crippen LogP contribution in [0.3, 0.4) is 0 Å². The van der Waals surface area contributed by atoms with Gasteiger partial charge in [-0.2, -0.15) is 0 Å². The maximum absolute atomic E-state index is 10.4. The van der Waals surface area contributed by atoms with E-state index < -0.39 is 37.3 Å². The fourth-order valence-corrected chi connectivity index (χ4v) is 9.02. The Morgan fingerprint density at radius 3 is 2.53 bits per heavy atom. The Balaban J connectivity index is 1.29. The van der Waals surface area contributed by atoms with Gasteiger partial charge in [-0.1, -0.05) is 25.5 Å². The van der Waals surface area contributed by atoms with Gasteiger partial charge in [0.1, 0.15) is 24.4 Å². The first-order chi connectivity index (χ1) is 16.1. The lowest BCUT2D eigenvalue weighted by molar-refractivity contribution is -0.313. The summed E-state index contributed by atoms with van der Waals surface area (Å²) in [6.45, 7) is 6.73. The largest absolute Gasteiger partial charge is 0.394 e. The fourth-order valence-electron chi connectivity index (χ4n) is 9.02. The van der Waals surface area contributed by atoms with Crippen LogP contribution in [0.4, 0.5) is 0 Å². The molecule has 4 aliphatic carbocycles. The van der Waals surface area contributed by atoms with Crippen LogP contribution < -0.4 is 5.73 Å². The Hall–Kier alpha value is -0.540. The number of hydrogen-bond acceptors (Lipinski definition) is 7. The van der Waals surface area contributed by atoms with Crippen molar-refractivity contribution < 1.29 is 29.9 Å². The van der Waals surface area contributed by atoms with Crippen molar-refractivity contribution in [1.29, 1.82) is 0 Å². The van der Waals surface area contributed by atoms with E-state index in [2.05, 4.69) is 26.8 Å². The highest BCUT2D eigenvalue weighted by Crippen LogP contribution is 2.66. The van der Waals surface area contributed by atoms with Gasteiger partial charge in [-0.25, -0.2) is 0 Å². The fraction of sp³-hybridized carbons (Fsp3) is 0.926. The molecule has 0 aromatic carbocycles. The quantitative estimate of drug-likeness (QED) is 0.391. The van der Waals surface area contributed by atoms with Crippen molar-refractivity contribution in [3.05, 3.63) is 11.6 Å². The molecule has 1 heterocycles. The summed E-state index contributed by atoms with van der Waals surface area (Å²) >= 11 is 0. The molecule has 3 saturated carbocycles. The Kier molecular flexibility index (Phi) is 6.71. The lowest BCUT2D eigenvalue weighted by Crippen LogP contribution is -2.60. The molecule has 194 valence electrons. The molecule has 0 bridgehead atoms. The van der Waals surface area contributed by atoms with Crippen LogP contribution >= 0.6 is 0 Å². The average molecular weight is 480 g/mol. The number of allylic oxidation sites excluding steroid dienone is 1. The SMILES string of the molecule is C[C@H](N)[C@H]1CC[C@H]2[C@@H]3CC=C4C[C@@H](O[C@@H]5O[C@H](CO)[C@@H](O)[C@H](O)[C@H]5O)CC[C@]4(C)[C@H]3CC[C@]12C. The van der Waals surface area contributed by atoms with Gasteiger partial charge in [0.25, 0.3) is 0 Å². The monoisotopic (exact) mass is 479 g/mol. The third-order valence-electron chi connectivity index (χ3n) is 10.9. The molecule has 5 rings (SSSR count). The first-order valence-electron chi connectivity index (χ1n) is 13.5. The lowest BCUT2D eigenvalue weighted by atomic mass is 9.47. The summed E-state index contributed by atoms with van der Waals surface area (Å²) in [5.74, 6) is 2.84. The molecule has 0 aromatic rings. The predicted molar refractivity (Wildman–Crippen MR) is 127 cm³/mol. The van der Waals surface area contributed by atoms with Gasteiger partial charge in [0.15, 0.2) is 6.29 Å². The van der Waals surface area contributed by atoms with Crippen molar-refractivity contribution in [1.82, 2.24) is 0 Å². The number of nitrogens with two attached hydrogens (primary N) is 1. The normalized spacial score (nSPS) is 53.9. The molecule has 0 spiro atoms. The van der Waals surface area contributed by atoms with E-state index in [4.69, 9.17) is 15.2 Å². The van der Waals surface area contributed by atoms with Crippen LogP contribution in [0.1, 0.15) is 72.1 Å². The molecule has 7 heteroatoms. The summed E-state index contributed by atoms with van der Waals surface area (Å²) < 4.78 is 11.7. The van der Waals surface area contributed by atoms with Crippen LogP contribution in [-0.4, -0.2) is 69.9 Å². The molecule has 1 aliphatic heterocycles. The van der Waals surface area contributed by atoms with Crippen LogP contribution in [0.5, 0.6) is 0 Å². The Morgan fingerprint density at radius 1 is 1.06 bits per heavy atom. The van der Waals surface area contributed by atoms with E-state index in [0.29, 0.717) is 17.3 Å².